The Bertz CT molecular complexity index is 2140. The van der Waals surface area contributed by atoms with Gasteiger partial charge in [-0.3, -0.25) is 0 Å². The van der Waals surface area contributed by atoms with Gasteiger partial charge >= 0.3 is 0 Å². The van der Waals surface area contributed by atoms with Crippen LogP contribution in [0.5, 0.6) is 0 Å². The van der Waals surface area contributed by atoms with E-state index in [0.717, 1.165) is 27.8 Å². The Morgan fingerprint density at radius 3 is 1.68 bits per heavy atom. The van der Waals surface area contributed by atoms with E-state index < -0.39 is 0 Å². The van der Waals surface area contributed by atoms with Crippen LogP contribution in [-0.4, -0.2) is 15.0 Å². The minimum atomic E-state index is -0.106. The molecular weight excluding hydrogens is 534 g/mol. The number of hydrogen-bond donors (Lipinski definition) is 0. The molecule has 0 saturated carbocycles. The Balaban J connectivity index is 1.39. The minimum absolute atomic E-state index is 0.106. The van der Waals surface area contributed by atoms with Gasteiger partial charge in [-0.15, -0.1) is 0 Å². The molecule has 8 rings (SSSR count). The van der Waals surface area contributed by atoms with Crippen molar-refractivity contribution in [3.05, 3.63) is 150 Å². The summed E-state index contributed by atoms with van der Waals surface area (Å²) in [6.07, 6.45) is 0. The molecule has 0 radical (unpaired) electrons. The molecule has 44 heavy (non-hydrogen) atoms. The summed E-state index contributed by atoms with van der Waals surface area (Å²) in [6, 6.07) is 47.1. The number of aromatic nitrogens is 3. The Morgan fingerprint density at radius 2 is 1.00 bits per heavy atom. The van der Waals surface area contributed by atoms with Gasteiger partial charge in [0, 0.05) is 27.7 Å². The van der Waals surface area contributed by atoms with Crippen LogP contribution in [0.3, 0.4) is 0 Å². The monoisotopic (exact) mass is 565 g/mol. The number of fused-ring (bicyclic) bond motifs is 4. The summed E-state index contributed by atoms with van der Waals surface area (Å²) in [7, 11) is 0. The van der Waals surface area contributed by atoms with Crippen LogP contribution in [0.1, 0.15) is 30.5 Å². The molecule has 0 N–H and O–H groups in total. The van der Waals surface area contributed by atoms with E-state index in [1.54, 1.807) is 0 Å². The highest BCUT2D eigenvalue weighted by atomic mass is 15.0. The Labute approximate surface area is 258 Å². The number of aryl methyl sites for hydroxylation is 1. The van der Waals surface area contributed by atoms with Gasteiger partial charge in [0.05, 0.1) is 0 Å². The molecule has 0 spiro atoms. The van der Waals surface area contributed by atoms with E-state index in [-0.39, 0.29) is 5.41 Å². The van der Waals surface area contributed by atoms with Gasteiger partial charge in [-0.25, -0.2) is 15.0 Å². The van der Waals surface area contributed by atoms with Crippen molar-refractivity contribution in [1.82, 2.24) is 15.0 Å². The maximum Gasteiger partial charge on any atom is 0.164 e. The third kappa shape index (κ3) is 4.24. The fourth-order valence-corrected chi connectivity index (χ4v) is 6.70. The molecule has 1 heterocycles. The topological polar surface area (TPSA) is 38.7 Å². The fraction of sp³-hybridized carbons (Fsp3) is 0.0976. The van der Waals surface area contributed by atoms with E-state index >= 15 is 0 Å². The summed E-state index contributed by atoms with van der Waals surface area (Å²) in [5.74, 6) is 1.99. The highest BCUT2D eigenvalue weighted by molar-refractivity contribution is 6.04. The average Bonchev–Trinajstić information content (AvgIpc) is 3.29. The first kappa shape index (κ1) is 26.2. The van der Waals surface area contributed by atoms with Gasteiger partial charge in [0.25, 0.3) is 0 Å². The maximum atomic E-state index is 5.11. The van der Waals surface area contributed by atoms with Gasteiger partial charge in [0.2, 0.25) is 0 Å². The number of hydrogen-bond acceptors (Lipinski definition) is 3. The Hall–Kier alpha value is -5.41. The molecule has 0 fully saturated rings. The molecule has 0 amide bonds. The molecular formula is C41H31N3. The van der Waals surface area contributed by atoms with Gasteiger partial charge in [-0.05, 0) is 57.6 Å². The molecule has 7 aromatic rings. The molecule has 3 nitrogen and oxygen atoms in total. The van der Waals surface area contributed by atoms with Crippen molar-refractivity contribution in [2.45, 2.75) is 26.2 Å². The van der Waals surface area contributed by atoms with E-state index in [4.69, 9.17) is 15.0 Å². The molecule has 0 saturated heterocycles. The molecule has 0 bridgehead atoms. The van der Waals surface area contributed by atoms with Gasteiger partial charge in [-0.1, -0.05) is 141 Å². The van der Waals surface area contributed by atoms with Gasteiger partial charge in [0.15, 0.2) is 17.5 Å². The summed E-state index contributed by atoms with van der Waals surface area (Å²) >= 11 is 0. The Kier molecular flexibility index (Phi) is 6.02. The van der Waals surface area contributed by atoms with Crippen LogP contribution >= 0.6 is 0 Å². The lowest BCUT2D eigenvalue weighted by molar-refractivity contribution is 0.660. The lowest BCUT2D eigenvalue weighted by Gasteiger charge is -2.23. The summed E-state index contributed by atoms with van der Waals surface area (Å²) in [6.45, 7) is 6.86. The van der Waals surface area contributed by atoms with Crippen LogP contribution < -0.4 is 0 Å². The predicted octanol–water partition coefficient (Wildman–Crippen LogP) is 10.3. The number of nitrogens with zero attached hydrogens (tertiary/aromatic N) is 3. The van der Waals surface area contributed by atoms with Crippen LogP contribution in [0.25, 0.3) is 67.2 Å². The SMILES string of the molecule is Cc1ccc2c(c1)C(C)(C)c1cc(-c3c(-c4nc(-c5ccccc5)nc(-c5ccccc5)n4)ccc4ccccc34)ccc1-2. The van der Waals surface area contributed by atoms with Crippen molar-refractivity contribution < 1.29 is 0 Å². The smallest absolute Gasteiger partial charge is 0.164 e. The van der Waals surface area contributed by atoms with E-state index in [1.807, 2.05) is 36.4 Å². The maximum absolute atomic E-state index is 5.11. The van der Waals surface area contributed by atoms with Crippen molar-refractivity contribution >= 4 is 10.8 Å². The molecule has 6 aromatic carbocycles. The van der Waals surface area contributed by atoms with Gasteiger partial charge in [-0.2, -0.15) is 0 Å². The van der Waals surface area contributed by atoms with E-state index in [2.05, 4.69) is 118 Å². The summed E-state index contributed by atoms with van der Waals surface area (Å²) < 4.78 is 0. The largest absolute Gasteiger partial charge is 0.208 e. The third-order valence-corrected chi connectivity index (χ3v) is 8.99. The zero-order valence-electron chi connectivity index (χ0n) is 25.0. The highest BCUT2D eigenvalue weighted by Gasteiger charge is 2.35. The van der Waals surface area contributed by atoms with E-state index in [9.17, 15) is 0 Å². The summed E-state index contributed by atoms with van der Waals surface area (Å²) in [5, 5.41) is 2.36. The van der Waals surface area contributed by atoms with Crippen LogP contribution in [0.15, 0.2) is 133 Å². The van der Waals surface area contributed by atoms with Gasteiger partial charge < -0.3 is 0 Å². The first-order chi connectivity index (χ1) is 21.5. The summed E-state index contributed by atoms with van der Waals surface area (Å²) in [5.41, 5.74) is 11.8. The van der Waals surface area contributed by atoms with Crippen LogP contribution in [0.2, 0.25) is 0 Å². The lowest BCUT2D eigenvalue weighted by atomic mass is 9.80. The third-order valence-electron chi connectivity index (χ3n) is 8.99. The fourth-order valence-electron chi connectivity index (χ4n) is 6.70. The van der Waals surface area contributed by atoms with E-state index in [0.29, 0.717) is 17.5 Å². The van der Waals surface area contributed by atoms with Crippen LogP contribution in [0, 0.1) is 6.92 Å². The predicted molar refractivity (Wildman–Crippen MR) is 181 cm³/mol. The molecule has 210 valence electrons. The molecule has 1 aliphatic carbocycles. The molecule has 0 aliphatic heterocycles. The number of rotatable bonds is 4. The quantitative estimate of drug-likeness (QED) is 0.213. The highest BCUT2D eigenvalue weighted by Crippen LogP contribution is 2.51. The second-order valence-electron chi connectivity index (χ2n) is 12.2. The zero-order valence-corrected chi connectivity index (χ0v) is 25.0. The lowest BCUT2D eigenvalue weighted by Crippen LogP contribution is -2.15. The Morgan fingerprint density at radius 1 is 0.455 bits per heavy atom. The second-order valence-corrected chi connectivity index (χ2v) is 12.2. The van der Waals surface area contributed by atoms with Crippen molar-refractivity contribution in [1.29, 1.82) is 0 Å². The molecule has 0 atom stereocenters. The normalized spacial score (nSPS) is 13.1. The first-order valence-electron chi connectivity index (χ1n) is 15.1. The minimum Gasteiger partial charge on any atom is -0.208 e. The molecule has 0 unspecified atom stereocenters. The van der Waals surface area contributed by atoms with Gasteiger partial charge in [0.1, 0.15) is 0 Å². The first-order valence-corrected chi connectivity index (χ1v) is 15.1. The average molecular weight is 566 g/mol. The van der Waals surface area contributed by atoms with Crippen molar-refractivity contribution in [2.75, 3.05) is 0 Å². The van der Waals surface area contributed by atoms with Crippen molar-refractivity contribution in [2.24, 2.45) is 0 Å². The van der Waals surface area contributed by atoms with E-state index in [1.165, 1.54) is 38.6 Å². The van der Waals surface area contributed by atoms with Crippen molar-refractivity contribution in [3.63, 3.8) is 0 Å². The summed E-state index contributed by atoms with van der Waals surface area (Å²) in [4.78, 5) is 15.2. The second kappa shape index (κ2) is 10.1. The van der Waals surface area contributed by atoms with Crippen LogP contribution in [-0.2, 0) is 5.41 Å². The molecule has 3 heteroatoms. The number of benzene rings is 6. The van der Waals surface area contributed by atoms with Crippen LogP contribution in [0.4, 0.5) is 0 Å². The zero-order chi connectivity index (χ0) is 29.8. The molecule has 1 aromatic heterocycles. The molecule has 1 aliphatic rings. The van der Waals surface area contributed by atoms with Crippen molar-refractivity contribution in [3.8, 4) is 56.4 Å². The standard InChI is InChI=1S/C41H31N3/c1-26-18-21-32-33-22-20-30(25-36(33)41(2,3)35(32)24-26)37-31-17-11-10-12-27(31)19-23-34(37)40-43-38(28-13-6-4-7-14-28)42-39(44-40)29-15-8-5-9-16-29/h4-25H,1-3H3.